The minimum Gasteiger partial charge on any atom is -0.379 e. The quantitative estimate of drug-likeness (QED) is 0.578. The second-order valence-corrected chi connectivity index (χ2v) is 9.26. The standard InChI is InChI=1S/C25H24N2O4S/c28-25(26-24-9-5-4-8-23(24)21-6-2-1-3-7-21)15-12-20-10-13-22(14-11-20)32(29,30)27-16-18-31-19-17-27/h1-15H,16-19H2,(H,26,28)/b15-12+. The zero-order chi connectivity index (χ0) is 22.4. The SMILES string of the molecule is O=C(/C=C/c1ccc(S(=O)(=O)N2CCOCC2)cc1)Nc1ccccc1-c1ccccc1. The molecule has 0 aliphatic carbocycles. The third-order valence-corrected chi connectivity index (χ3v) is 7.10. The monoisotopic (exact) mass is 448 g/mol. The highest BCUT2D eigenvalue weighted by atomic mass is 32.2. The van der Waals surface area contributed by atoms with E-state index in [0.29, 0.717) is 26.3 Å². The molecule has 0 aromatic heterocycles. The molecular weight excluding hydrogens is 424 g/mol. The second kappa shape index (κ2) is 9.91. The number of carbonyl (C=O) groups excluding carboxylic acids is 1. The van der Waals surface area contributed by atoms with Gasteiger partial charge in [-0.25, -0.2) is 8.42 Å². The van der Waals surface area contributed by atoms with Crippen molar-refractivity contribution in [2.24, 2.45) is 0 Å². The van der Waals surface area contributed by atoms with Crippen LogP contribution in [0.4, 0.5) is 5.69 Å². The van der Waals surface area contributed by atoms with Crippen molar-refractivity contribution in [3.8, 4) is 11.1 Å². The molecule has 1 saturated heterocycles. The van der Waals surface area contributed by atoms with Crippen molar-refractivity contribution < 1.29 is 17.9 Å². The van der Waals surface area contributed by atoms with Gasteiger partial charge >= 0.3 is 0 Å². The van der Waals surface area contributed by atoms with Gasteiger partial charge in [0.15, 0.2) is 0 Å². The van der Waals surface area contributed by atoms with Crippen LogP contribution in [0, 0.1) is 0 Å². The Morgan fingerprint density at radius 3 is 2.25 bits per heavy atom. The van der Waals surface area contributed by atoms with Crippen LogP contribution < -0.4 is 5.32 Å². The molecule has 1 amide bonds. The summed E-state index contributed by atoms with van der Waals surface area (Å²) in [5.41, 5.74) is 3.41. The van der Waals surface area contributed by atoms with E-state index in [0.717, 1.165) is 22.4 Å². The summed E-state index contributed by atoms with van der Waals surface area (Å²) in [5, 5.41) is 2.92. The number of ether oxygens (including phenoxy) is 1. The average molecular weight is 449 g/mol. The molecule has 0 radical (unpaired) electrons. The molecule has 0 atom stereocenters. The van der Waals surface area contributed by atoms with E-state index in [4.69, 9.17) is 4.74 Å². The number of benzene rings is 3. The summed E-state index contributed by atoms with van der Waals surface area (Å²) >= 11 is 0. The first kappa shape index (κ1) is 22.0. The van der Waals surface area contributed by atoms with Gasteiger partial charge in [-0.05, 0) is 35.4 Å². The van der Waals surface area contributed by atoms with E-state index < -0.39 is 10.0 Å². The Labute approximate surface area is 188 Å². The molecule has 1 aliphatic heterocycles. The van der Waals surface area contributed by atoms with Gasteiger partial charge in [-0.3, -0.25) is 4.79 Å². The molecular formula is C25H24N2O4S. The van der Waals surface area contributed by atoms with Gasteiger partial charge in [-0.2, -0.15) is 4.31 Å². The number of hydrogen-bond donors (Lipinski definition) is 1. The average Bonchev–Trinajstić information content (AvgIpc) is 2.84. The maximum absolute atomic E-state index is 12.7. The number of carbonyl (C=O) groups is 1. The van der Waals surface area contributed by atoms with Crippen molar-refractivity contribution in [2.45, 2.75) is 4.90 Å². The highest BCUT2D eigenvalue weighted by molar-refractivity contribution is 7.89. The molecule has 32 heavy (non-hydrogen) atoms. The van der Waals surface area contributed by atoms with Gasteiger partial charge in [0.05, 0.1) is 18.1 Å². The van der Waals surface area contributed by atoms with Gasteiger partial charge in [-0.15, -0.1) is 0 Å². The predicted molar refractivity (Wildman–Crippen MR) is 126 cm³/mol. The second-order valence-electron chi connectivity index (χ2n) is 7.32. The summed E-state index contributed by atoms with van der Waals surface area (Å²) in [6.07, 6.45) is 3.10. The van der Waals surface area contributed by atoms with Crippen molar-refractivity contribution in [1.82, 2.24) is 4.31 Å². The van der Waals surface area contributed by atoms with Gasteiger partial charge in [-0.1, -0.05) is 60.7 Å². The third kappa shape index (κ3) is 5.13. The van der Waals surface area contributed by atoms with Crippen molar-refractivity contribution in [3.05, 3.63) is 90.5 Å². The summed E-state index contributed by atoms with van der Waals surface area (Å²) in [7, 11) is -3.53. The first-order valence-corrected chi connectivity index (χ1v) is 11.8. The van der Waals surface area contributed by atoms with Crippen molar-refractivity contribution in [3.63, 3.8) is 0 Å². The van der Waals surface area contributed by atoms with Crippen molar-refractivity contribution >= 4 is 27.7 Å². The minimum atomic E-state index is -3.53. The van der Waals surface area contributed by atoms with E-state index in [1.807, 2.05) is 54.6 Å². The van der Waals surface area contributed by atoms with Crippen LogP contribution in [-0.2, 0) is 19.6 Å². The number of morpholine rings is 1. The van der Waals surface area contributed by atoms with Crippen molar-refractivity contribution in [2.75, 3.05) is 31.6 Å². The number of nitrogens with zero attached hydrogens (tertiary/aromatic N) is 1. The number of amides is 1. The number of para-hydroxylation sites is 1. The molecule has 1 fully saturated rings. The summed E-state index contributed by atoms with van der Waals surface area (Å²) < 4.78 is 32.1. The summed E-state index contributed by atoms with van der Waals surface area (Å²) in [4.78, 5) is 12.7. The topological polar surface area (TPSA) is 75.7 Å². The van der Waals surface area contributed by atoms with Crippen LogP contribution in [-0.4, -0.2) is 44.9 Å². The lowest BCUT2D eigenvalue weighted by atomic mass is 10.0. The molecule has 164 valence electrons. The van der Waals surface area contributed by atoms with Gasteiger partial charge in [0, 0.05) is 30.4 Å². The lowest BCUT2D eigenvalue weighted by Crippen LogP contribution is -2.40. The fourth-order valence-corrected chi connectivity index (χ4v) is 4.90. The van der Waals surface area contributed by atoms with E-state index in [2.05, 4.69) is 5.32 Å². The molecule has 7 heteroatoms. The zero-order valence-corrected chi connectivity index (χ0v) is 18.3. The van der Waals surface area contributed by atoms with Crippen LogP contribution in [0.1, 0.15) is 5.56 Å². The summed E-state index contributed by atoms with van der Waals surface area (Å²) in [6.45, 7) is 1.52. The number of anilines is 1. The van der Waals surface area contributed by atoms with Crippen LogP contribution in [0.2, 0.25) is 0 Å². The van der Waals surface area contributed by atoms with Gasteiger partial charge < -0.3 is 10.1 Å². The first-order chi connectivity index (χ1) is 15.5. The molecule has 1 heterocycles. The number of rotatable bonds is 6. The maximum atomic E-state index is 12.7. The van der Waals surface area contributed by atoms with Crippen LogP contribution in [0.5, 0.6) is 0 Å². The third-order valence-electron chi connectivity index (χ3n) is 5.18. The molecule has 0 bridgehead atoms. The Morgan fingerprint density at radius 1 is 0.875 bits per heavy atom. The zero-order valence-electron chi connectivity index (χ0n) is 17.5. The molecule has 3 aromatic rings. The predicted octanol–water partition coefficient (Wildman–Crippen LogP) is 4.03. The minimum absolute atomic E-state index is 0.234. The summed E-state index contributed by atoms with van der Waals surface area (Å²) in [5.74, 6) is -0.265. The number of sulfonamides is 1. The molecule has 6 nitrogen and oxygen atoms in total. The van der Waals surface area contributed by atoms with Crippen LogP contribution >= 0.6 is 0 Å². The van der Waals surface area contributed by atoms with E-state index in [-0.39, 0.29) is 10.8 Å². The van der Waals surface area contributed by atoms with Crippen molar-refractivity contribution in [1.29, 1.82) is 0 Å². The largest absolute Gasteiger partial charge is 0.379 e. The molecule has 1 aliphatic rings. The van der Waals surface area contributed by atoms with Crippen LogP contribution in [0.15, 0.2) is 89.8 Å². The Kier molecular flexibility index (Phi) is 6.80. The molecule has 0 unspecified atom stereocenters. The number of nitrogens with one attached hydrogen (secondary N) is 1. The lowest BCUT2D eigenvalue weighted by Gasteiger charge is -2.26. The number of hydrogen-bond acceptors (Lipinski definition) is 4. The maximum Gasteiger partial charge on any atom is 0.248 e. The van der Waals surface area contributed by atoms with E-state index in [1.165, 1.54) is 10.4 Å². The molecule has 4 rings (SSSR count). The highest BCUT2D eigenvalue weighted by Gasteiger charge is 2.25. The molecule has 0 spiro atoms. The Balaban J connectivity index is 1.44. The van der Waals surface area contributed by atoms with Gasteiger partial charge in [0.25, 0.3) is 0 Å². The molecule has 0 saturated carbocycles. The fourth-order valence-electron chi connectivity index (χ4n) is 3.49. The van der Waals surface area contributed by atoms with E-state index in [9.17, 15) is 13.2 Å². The fraction of sp³-hybridized carbons (Fsp3) is 0.160. The normalized spacial score (nSPS) is 15.0. The first-order valence-electron chi connectivity index (χ1n) is 10.4. The van der Waals surface area contributed by atoms with Crippen LogP contribution in [0.3, 0.4) is 0 Å². The summed E-state index contributed by atoms with van der Waals surface area (Å²) in [6, 6.07) is 24.0. The van der Waals surface area contributed by atoms with Crippen LogP contribution in [0.25, 0.3) is 17.2 Å². The molecule has 1 N–H and O–H groups in total. The lowest BCUT2D eigenvalue weighted by molar-refractivity contribution is -0.111. The Hall–Kier alpha value is -3.26. The van der Waals surface area contributed by atoms with E-state index >= 15 is 0 Å². The molecule has 3 aromatic carbocycles. The van der Waals surface area contributed by atoms with E-state index in [1.54, 1.807) is 30.3 Å². The van der Waals surface area contributed by atoms with Gasteiger partial charge in [0.2, 0.25) is 15.9 Å². The Morgan fingerprint density at radius 2 is 1.53 bits per heavy atom. The smallest absolute Gasteiger partial charge is 0.248 e. The highest BCUT2D eigenvalue weighted by Crippen LogP contribution is 2.27. The Bertz CT molecular complexity index is 1200. The van der Waals surface area contributed by atoms with Gasteiger partial charge in [0.1, 0.15) is 0 Å².